The van der Waals surface area contributed by atoms with Gasteiger partial charge in [0.15, 0.2) is 0 Å². The number of unbranched alkanes of at least 4 members (excludes halogenated alkanes) is 7. The second-order valence-electron chi connectivity index (χ2n) is 8.97. The van der Waals surface area contributed by atoms with Crippen molar-refractivity contribution >= 4 is 22.4 Å². The molecule has 1 aromatic carbocycles. The highest BCUT2D eigenvalue weighted by Crippen LogP contribution is 2.34. The molecule has 5 nitrogen and oxygen atoms in total. The number of alkyl halides is 3. The Bertz CT molecular complexity index is 840. The van der Waals surface area contributed by atoms with Gasteiger partial charge in [0.2, 0.25) is 5.91 Å². The molecule has 0 saturated heterocycles. The number of nitrogens with zero attached hydrogens (tertiary/aromatic N) is 1. The number of nitriles is 1. The third kappa shape index (κ3) is 10.6. The van der Waals surface area contributed by atoms with Crippen LogP contribution in [0.4, 0.5) is 18.9 Å². The maximum atomic E-state index is 13.2. The van der Waals surface area contributed by atoms with Gasteiger partial charge in [-0.15, -0.1) is 0 Å². The van der Waals surface area contributed by atoms with Gasteiger partial charge in [-0.1, -0.05) is 51.9 Å². The minimum atomic E-state index is -4.71. The summed E-state index contributed by atoms with van der Waals surface area (Å²) in [6.07, 6.45) is 4.53. The van der Waals surface area contributed by atoms with E-state index in [9.17, 15) is 27.3 Å². The van der Waals surface area contributed by atoms with Crippen molar-refractivity contribution in [2.45, 2.75) is 84.2 Å². The lowest BCUT2D eigenvalue weighted by Gasteiger charge is -2.26. The Kier molecular flexibility index (Phi) is 13.4. The molecule has 0 heterocycles. The summed E-state index contributed by atoms with van der Waals surface area (Å²) >= 11 is 0. The number of hydrogen-bond donors (Lipinski definition) is 2. The summed E-state index contributed by atoms with van der Waals surface area (Å²) in [5.41, 5.74) is -2.80. The largest absolute Gasteiger partial charge is 0.417 e. The molecule has 0 aliphatic carbocycles. The third-order valence-electron chi connectivity index (χ3n) is 5.93. The zero-order chi connectivity index (χ0) is 25.6. The fraction of sp³-hybridized carbons (Fsp3) is 0.680. The van der Waals surface area contributed by atoms with Crippen molar-refractivity contribution in [2.24, 2.45) is 5.41 Å². The SMILES string of the molecule is CCCCS(=O)CCCCCCCCC[C@](C)(CO)C(=O)Nc1ccc(C#N)c(C(F)(F)F)c1. The number of rotatable bonds is 16. The van der Waals surface area contributed by atoms with Crippen LogP contribution in [-0.4, -0.2) is 33.3 Å². The topological polar surface area (TPSA) is 90.2 Å². The van der Waals surface area contributed by atoms with Crippen LogP contribution in [0.2, 0.25) is 0 Å². The molecule has 192 valence electrons. The zero-order valence-corrected chi connectivity index (χ0v) is 21.0. The van der Waals surface area contributed by atoms with Crippen molar-refractivity contribution in [3.63, 3.8) is 0 Å². The normalized spacial score (nSPS) is 14.3. The molecule has 34 heavy (non-hydrogen) atoms. The highest BCUT2D eigenvalue weighted by molar-refractivity contribution is 7.84. The van der Waals surface area contributed by atoms with Gasteiger partial charge in [-0.3, -0.25) is 9.00 Å². The number of nitrogens with one attached hydrogen (secondary N) is 1. The molecule has 1 aromatic rings. The standard InChI is InChI=1S/C25H37F3N2O3S/c1-3-4-15-34(33)16-11-9-7-5-6-8-10-14-24(2,19-31)23(32)30-21-13-12-20(18-29)22(17-21)25(26,27)28/h12-13,17,31H,3-11,14-16,19H2,1-2H3,(H,30,32)/t24-,34?/m1/s1. The van der Waals surface area contributed by atoms with Crippen LogP contribution in [-0.2, 0) is 21.8 Å². The second kappa shape index (κ2) is 15.2. The highest BCUT2D eigenvalue weighted by Gasteiger charge is 2.35. The lowest BCUT2D eigenvalue weighted by atomic mass is 9.84. The van der Waals surface area contributed by atoms with E-state index in [1.54, 1.807) is 6.92 Å². The second-order valence-corrected chi connectivity index (χ2v) is 10.7. The van der Waals surface area contributed by atoms with Gasteiger partial charge in [-0.25, -0.2) is 0 Å². The number of anilines is 1. The lowest BCUT2D eigenvalue weighted by Crippen LogP contribution is -2.36. The third-order valence-corrected chi connectivity index (χ3v) is 7.41. The number of aliphatic hydroxyl groups excluding tert-OH is 1. The van der Waals surface area contributed by atoms with Gasteiger partial charge in [-0.2, -0.15) is 18.4 Å². The molecule has 0 aromatic heterocycles. The maximum absolute atomic E-state index is 13.2. The van der Waals surface area contributed by atoms with Gasteiger partial charge in [0, 0.05) is 28.0 Å². The Morgan fingerprint density at radius 3 is 2.21 bits per heavy atom. The van der Waals surface area contributed by atoms with Crippen LogP contribution in [0.15, 0.2) is 18.2 Å². The van der Waals surface area contributed by atoms with E-state index in [0.29, 0.717) is 12.8 Å². The Balaban J connectivity index is 2.42. The molecule has 0 spiro atoms. The summed E-state index contributed by atoms with van der Waals surface area (Å²) in [7, 11) is -0.700. The van der Waals surface area contributed by atoms with E-state index >= 15 is 0 Å². The van der Waals surface area contributed by atoms with E-state index in [1.807, 2.05) is 0 Å². The van der Waals surface area contributed by atoms with E-state index in [4.69, 9.17) is 5.26 Å². The van der Waals surface area contributed by atoms with Crippen LogP contribution < -0.4 is 5.32 Å². The number of carbonyl (C=O) groups is 1. The molecule has 2 atom stereocenters. The summed E-state index contributed by atoms with van der Waals surface area (Å²) < 4.78 is 51.2. The first-order valence-electron chi connectivity index (χ1n) is 12.0. The van der Waals surface area contributed by atoms with Gasteiger partial charge in [-0.05, 0) is 44.4 Å². The zero-order valence-electron chi connectivity index (χ0n) is 20.2. The van der Waals surface area contributed by atoms with E-state index in [1.165, 1.54) is 12.1 Å². The summed E-state index contributed by atoms with van der Waals surface area (Å²) in [5, 5.41) is 21.1. The van der Waals surface area contributed by atoms with Gasteiger partial charge in [0.05, 0.1) is 29.2 Å². The van der Waals surface area contributed by atoms with Crippen LogP contribution in [0.5, 0.6) is 0 Å². The lowest BCUT2D eigenvalue weighted by molar-refractivity contribution is -0.137. The Morgan fingerprint density at radius 2 is 1.65 bits per heavy atom. The molecule has 1 rings (SSSR count). The van der Waals surface area contributed by atoms with E-state index in [2.05, 4.69) is 12.2 Å². The number of hydrogen-bond acceptors (Lipinski definition) is 4. The fourth-order valence-electron chi connectivity index (χ4n) is 3.57. The van der Waals surface area contributed by atoms with Crippen molar-refractivity contribution in [1.82, 2.24) is 0 Å². The predicted octanol–water partition coefficient (Wildman–Crippen LogP) is 6.18. The average molecular weight is 503 g/mol. The smallest absolute Gasteiger partial charge is 0.395 e. The molecule has 0 bridgehead atoms. The molecule has 0 saturated carbocycles. The molecule has 0 aliphatic heterocycles. The van der Waals surface area contributed by atoms with Crippen LogP contribution in [0.25, 0.3) is 0 Å². The van der Waals surface area contributed by atoms with Gasteiger partial charge < -0.3 is 10.4 Å². The molecule has 1 amide bonds. The summed E-state index contributed by atoms with van der Waals surface area (Å²) in [6.45, 7) is 3.26. The fourth-order valence-corrected chi connectivity index (χ4v) is 4.91. The van der Waals surface area contributed by atoms with Crippen LogP contribution in [0.3, 0.4) is 0 Å². The summed E-state index contributed by atoms with van der Waals surface area (Å²) in [6, 6.07) is 4.53. The number of aliphatic hydroxyl groups is 1. The van der Waals surface area contributed by atoms with Crippen molar-refractivity contribution in [3.8, 4) is 6.07 Å². The van der Waals surface area contributed by atoms with E-state index < -0.39 is 46.0 Å². The number of amides is 1. The quantitative estimate of drug-likeness (QED) is 0.264. The van der Waals surface area contributed by atoms with Crippen LogP contribution >= 0.6 is 0 Å². The molecule has 0 radical (unpaired) electrons. The first-order valence-corrected chi connectivity index (χ1v) is 13.4. The Labute approximate surface area is 203 Å². The van der Waals surface area contributed by atoms with Crippen LogP contribution in [0, 0.1) is 16.7 Å². The van der Waals surface area contributed by atoms with Gasteiger partial charge in [0.1, 0.15) is 0 Å². The van der Waals surface area contributed by atoms with Crippen molar-refractivity contribution in [3.05, 3.63) is 29.3 Å². The number of benzene rings is 1. The summed E-state index contributed by atoms with van der Waals surface area (Å²) in [4.78, 5) is 12.7. The van der Waals surface area contributed by atoms with Gasteiger partial charge >= 0.3 is 6.18 Å². The van der Waals surface area contributed by atoms with Crippen molar-refractivity contribution in [1.29, 1.82) is 5.26 Å². The predicted molar refractivity (Wildman–Crippen MR) is 130 cm³/mol. The van der Waals surface area contributed by atoms with E-state index in [0.717, 1.165) is 75.0 Å². The Morgan fingerprint density at radius 1 is 1.06 bits per heavy atom. The van der Waals surface area contributed by atoms with Crippen molar-refractivity contribution in [2.75, 3.05) is 23.4 Å². The van der Waals surface area contributed by atoms with Crippen LogP contribution in [0.1, 0.15) is 89.2 Å². The molecular formula is C25H37F3N2O3S. The van der Waals surface area contributed by atoms with Gasteiger partial charge in [0.25, 0.3) is 0 Å². The molecule has 0 fully saturated rings. The molecular weight excluding hydrogens is 465 g/mol. The minimum Gasteiger partial charge on any atom is -0.395 e. The first-order chi connectivity index (χ1) is 16.1. The first kappa shape index (κ1) is 30.1. The number of carbonyl (C=O) groups excluding carboxylic acids is 1. The minimum absolute atomic E-state index is 0.0633. The average Bonchev–Trinajstić information content (AvgIpc) is 2.80. The van der Waals surface area contributed by atoms with Crippen molar-refractivity contribution < 1.29 is 27.3 Å². The maximum Gasteiger partial charge on any atom is 0.417 e. The molecule has 1 unspecified atom stereocenters. The molecule has 2 N–H and O–H groups in total. The highest BCUT2D eigenvalue weighted by atomic mass is 32.2. The van der Waals surface area contributed by atoms with E-state index in [-0.39, 0.29) is 5.69 Å². The Hall–Kier alpha value is -1.92. The number of halogens is 3. The molecule has 0 aliphatic rings. The molecule has 9 heteroatoms. The summed E-state index contributed by atoms with van der Waals surface area (Å²) in [5.74, 6) is 1.01. The monoisotopic (exact) mass is 502 g/mol.